The maximum atomic E-state index is 5.80. The molecule has 0 radical (unpaired) electrons. The summed E-state index contributed by atoms with van der Waals surface area (Å²) in [4.78, 5) is 2.39. The van der Waals surface area contributed by atoms with Crippen LogP contribution in [-0.4, -0.2) is 18.5 Å². The second-order valence-corrected chi connectivity index (χ2v) is 5.70. The first-order valence-electron chi connectivity index (χ1n) is 5.87. The quantitative estimate of drug-likeness (QED) is 0.859. The molecule has 1 aliphatic carbocycles. The molecule has 2 N–H and O–H groups in total. The number of nitrogen functional groups attached to an aromatic ring is 1. The Kier molecular flexibility index (Phi) is 3.87. The van der Waals surface area contributed by atoms with Gasteiger partial charge in [0.15, 0.2) is 0 Å². The number of nitrogens with zero attached hydrogens (tertiary/aromatic N) is 1. The molecule has 0 aliphatic heterocycles. The normalized spacial score (nSPS) is 16.4. The van der Waals surface area contributed by atoms with E-state index in [0.29, 0.717) is 0 Å². The zero-order valence-corrected chi connectivity index (χ0v) is 11.3. The summed E-state index contributed by atoms with van der Waals surface area (Å²) in [6, 6.07) is 6.02. The third-order valence-electron chi connectivity index (χ3n) is 3.30. The summed E-state index contributed by atoms with van der Waals surface area (Å²) in [7, 11) is 2.19. The summed E-state index contributed by atoms with van der Waals surface area (Å²) in [5.74, 6) is 0.921. The van der Waals surface area contributed by atoms with Crippen molar-refractivity contribution >= 4 is 21.6 Å². The van der Waals surface area contributed by atoms with Crippen molar-refractivity contribution in [3.8, 4) is 0 Å². The topological polar surface area (TPSA) is 29.3 Å². The highest BCUT2D eigenvalue weighted by Crippen LogP contribution is 2.28. The second kappa shape index (κ2) is 5.19. The molecule has 3 heteroatoms. The van der Waals surface area contributed by atoms with Crippen LogP contribution in [0.15, 0.2) is 22.7 Å². The highest BCUT2D eigenvalue weighted by Gasteiger charge is 2.19. The smallest absolute Gasteiger partial charge is 0.0318 e. The second-order valence-electron chi connectivity index (χ2n) is 4.84. The maximum absolute atomic E-state index is 5.80. The molecular weight excluding hydrogens is 264 g/mol. The van der Waals surface area contributed by atoms with Gasteiger partial charge in [-0.2, -0.15) is 0 Å². The minimum Gasteiger partial charge on any atom is -0.399 e. The minimum absolute atomic E-state index is 0.843. The van der Waals surface area contributed by atoms with Gasteiger partial charge in [0.05, 0.1) is 0 Å². The average molecular weight is 283 g/mol. The van der Waals surface area contributed by atoms with Crippen molar-refractivity contribution in [3.63, 3.8) is 0 Å². The van der Waals surface area contributed by atoms with Crippen LogP contribution in [0.25, 0.3) is 0 Å². The van der Waals surface area contributed by atoms with Crippen molar-refractivity contribution in [2.24, 2.45) is 5.92 Å². The first kappa shape index (κ1) is 11.9. The fraction of sp³-hybridized carbons (Fsp3) is 0.538. The summed E-state index contributed by atoms with van der Waals surface area (Å²) in [6.45, 7) is 2.18. The predicted octanol–water partition coefficient (Wildman–Crippen LogP) is 3.26. The molecule has 1 aromatic carbocycles. The summed E-state index contributed by atoms with van der Waals surface area (Å²) in [5, 5.41) is 0. The molecule has 0 heterocycles. The standard InChI is InChI=1S/C13H19BrN2/c1-16(8-10-3-2-4-10)9-11-7-12(15)5-6-13(11)14/h5-7,10H,2-4,8-9,15H2,1H3. The van der Waals surface area contributed by atoms with Gasteiger partial charge in [0, 0.05) is 23.2 Å². The molecule has 0 amide bonds. The molecule has 2 rings (SSSR count). The van der Waals surface area contributed by atoms with E-state index in [-0.39, 0.29) is 0 Å². The molecule has 16 heavy (non-hydrogen) atoms. The van der Waals surface area contributed by atoms with Crippen LogP contribution in [0.1, 0.15) is 24.8 Å². The first-order valence-corrected chi connectivity index (χ1v) is 6.67. The van der Waals surface area contributed by atoms with Crippen molar-refractivity contribution < 1.29 is 0 Å². The molecular formula is C13H19BrN2. The van der Waals surface area contributed by atoms with E-state index in [1.54, 1.807) is 0 Å². The summed E-state index contributed by atoms with van der Waals surface area (Å²) in [6.07, 6.45) is 4.23. The fourth-order valence-corrected chi connectivity index (χ4v) is 2.56. The van der Waals surface area contributed by atoms with E-state index in [1.165, 1.54) is 31.4 Å². The first-order chi connectivity index (χ1) is 7.65. The van der Waals surface area contributed by atoms with Gasteiger partial charge in [-0.3, -0.25) is 0 Å². The Balaban J connectivity index is 1.93. The monoisotopic (exact) mass is 282 g/mol. The van der Waals surface area contributed by atoms with Crippen LogP contribution in [0.3, 0.4) is 0 Å². The highest BCUT2D eigenvalue weighted by atomic mass is 79.9. The molecule has 0 spiro atoms. The number of benzene rings is 1. The fourth-order valence-electron chi connectivity index (χ4n) is 2.19. The van der Waals surface area contributed by atoms with Crippen LogP contribution < -0.4 is 5.73 Å². The van der Waals surface area contributed by atoms with Gasteiger partial charge in [-0.1, -0.05) is 22.4 Å². The number of hydrogen-bond donors (Lipinski definition) is 1. The molecule has 88 valence electrons. The van der Waals surface area contributed by atoms with E-state index in [0.717, 1.165) is 22.6 Å². The van der Waals surface area contributed by atoms with E-state index < -0.39 is 0 Å². The van der Waals surface area contributed by atoms with E-state index in [1.807, 2.05) is 12.1 Å². The summed E-state index contributed by atoms with van der Waals surface area (Å²) < 4.78 is 1.15. The van der Waals surface area contributed by atoms with Gasteiger partial charge >= 0.3 is 0 Å². The number of halogens is 1. The SMILES string of the molecule is CN(Cc1cc(N)ccc1Br)CC1CCC1. The minimum atomic E-state index is 0.843. The Morgan fingerprint density at radius 2 is 2.19 bits per heavy atom. The molecule has 1 aromatic rings. The average Bonchev–Trinajstić information content (AvgIpc) is 2.18. The van der Waals surface area contributed by atoms with Crippen molar-refractivity contribution in [2.75, 3.05) is 19.3 Å². The third-order valence-corrected chi connectivity index (χ3v) is 4.08. The summed E-state index contributed by atoms with van der Waals surface area (Å²) >= 11 is 3.57. The Labute approximate surface area is 106 Å². The van der Waals surface area contributed by atoms with Gasteiger partial charge in [0.1, 0.15) is 0 Å². The van der Waals surface area contributed by atoms with Gasteiger partial charge in [0.25, 0.3) is 0 Å². The lowest BCUT2D eigenvalue weighted by atomic mass is 9.85. The predicted molar refractivity (Wildman–Crippen MR) is 72.2 cm³/mol. The molecule has 2 nitrogen and oxygen atoms in total. The zero-order valence-electron chi connectivity index (χ0n) is 9.75. The van der Waals surface area contributed by atoms with Crippen LogP contribution >= 0.6 is 15.9 Å². The van der Waals surface area contributed by atoms with Crippen molar-refractivity contribution in [2.45, 2.75) is 25.8 Å². The van der Waals surface area contributed by atoms with Gasteiger partial charge in [0.2, 0.25) is 0 Å². The molecule has 1 fully saturated rings. The highest BCUT2D eigenvalue weighted by molar-refractivity contribution is 9.10. The molecule has 0 unspecified atom stereocenters. The summed E-state index contributed by atoms with van der Waals surface area (Å²) in [5.41, 5.74) is 7.92. The van der Waals surface area contributed by atoms with Crippen molar-refractivity contribution in [3.05, 3.63) is 28.2 Å². The lowest BCUT2D eigenvalue weighted by Crippen LogP contribution is -2.29. The van der Waals surface area contributed by atoms with Crippen LogP contribution in [-0.2, 0) is 6.54 Å². The van der Waals surface area contributed by atoms with Gasteiger partial charge in [-0.15, -0.1) is 0 Å². The van der Waals surface area contributed by atoms with Crippen LogP contribution in [0, 0.1) is 5.92 Å². The van der Waals surface area contributed by atoms with Crippen molar-refractivity contribution in [1.29, 1.82) is 0 Å². The molecule has 0 aromatic heterocycles. The number of anilines is 1. The van der Waals surface area contributed by atoms with Crippen LogP contribution in [0.5, 0.6) is 0 Å². The van der Waals surface area contributed by atoms with Crippen molar-refractivity contribution in [1.82, 2.24) is 4.90 Å². The molecule has 1 aliphatic rings. The Morgan fingerprint density at radius 1 is 1.44 bits per heavy atom. The van der Waals surface area contributed by atoms with Gasteiger partial charge in [-0.05, 0) is 49.6 Å². The molecule has 1 saturated carbocycles. The molecule has 0 bridgehead atoms. The van der Waals surface area contributed by atoms with E-state index in [9.17, 15) is 0 Å². The Morgan fingerprint density at radius 3 is 2.81 bits per heavy atom. The van der Waals surface area contributed by atoms with Gasteiger partial charge in [-0.25, -0.2) is 0 Å². The maximum Gasteiger partial charge on any atom is 0.0318 e. The molecule has 0 atom stereocenters. The van der Waals surface area contributed by atoms with Crippen LogP contribution in [0.4, 0.5) is 5.69 Å². The Bertz CT molecular complexity index is 361. The number of nitrogens with two attached hydrogens (primary N) is 1. The largest absolute Gasteiger partial charge is 0.399 e. The van der Waals surface area contributed by atoms with Crippen LogP contribution in [0.2, 0.25) is 0 Å². The molecule has 0 saturated heterocycles. The van der Waals surface area contributed by atoms with E-state index in [4.69, 9.17) is 5.73 Å². The van der Waals surface area contributed by atoms with Gasteiger partial charge < -0.3 is 10.6 Å². The lowest BCUT2D eigenvalue weighted by Gasteiger charge is -2.30. The third kappa shape index (κ3) is 2.98. The zero-order chi connectivity index (χ0) is 11.5. The number of hydrogen-bond acceptors (Lipinski definition) is 2. The van der Waals surface area contributed by atoms with E-state index in [2.05, 4.69) is 33.9 Å². The number of rotatable bonds is 4. The lowest BCUT2D eigenvalue weighted by molar-refractivity contribution is 0.200. The van der Waals surface area contributed by atoms with E-state index >= 15 is 0 Å². The Hall–Kier alpha value is -0.540.